The Labute approximate surface area is 182 Å². The van der Waals surface area contributed by atoms with Gasteiger partial charge in [-0.2, -0.15) is 5.10 Å². The zero-order valence-electron chi connectivity index (χ0n) is 17.9. The van der Waals surface area contributed by atoms with Gasteiger partial charge in [0.2, 0.25) is 4.80 Å². The first-order valence-electron chi connectivity index (χ1n) is 10.6. The molecule has 3 aromatic rings. The summed E-state index contributed by atoms with van der Waals surface area (Å²) in [4.78, 5) is 5.76. The van der Waals surface area contributed by atoms with E-state index in [9.17, 15) is 0 Å². The van der Waals surface area contributed by atoms with Gasteiger partial charge >= 0.3 is 0 Å². The fraction of sp³-hybridized carbons (Fsp3) is 0.360. The van der Waals surface area contributed by atoms with Crippen molar-refractivity contribution in [1.29, 1.82) is 0 Å². The molecule has 156 valence electrons. The Bertz CT molecular complexity index is 1070. The maximum Gasteiger partial charge on any atom is 0.206 e. The maximum atomic E-state index is 5.61. The van der Waals surface area contributed by atoms with Gasteiger partial charge in [0.25, 0.3) is 0 Å². The summed E-state index contributed by atoms with van der Waals surface area (Å²) in [5.74, 6) is 1.49. The van der Waals surface area contributed by atoms with Crippen molar-refractivity contribution >= 4 is 17.0 Å². The molecule has 0 spiro atoms. The molecule has 1 heterocycles. The second kappa shape index (κ2) is 9.43. The molecule has 30 heavy (non-hydrogen) atoms. The van der Waals surface area contributed by atoms with Crippen LogP contribution in [0.5, 0.6) is 5.75 Å². The SMILES string of the molecule is COc1ccccc1-c1csc(=NC(C)C)n1N=C1CCC(c2ccccc2)CC1. The van der Waals surface area contributed by atoms with E-state index in [2.05, 4.69) is 55.6 Å². The van der Waals surface area contributed by atoms with E-state index in [0.29, 0.717) is 5.92 Å². The molecule has 0 aliphatic heterocycles. The summed E-state index contributed by atoms with van der Waals surface area (Å²) >= 11 is 1.64. The highest BCUT2D eigenvalue weighted by Gasteiger charge is 2.20. The molecule has 4 rings (SSSR count). The van der Waals surface area contributed by atoms with Crippen molar-refractivity contribution in [3.8, 4) is 17.0 Å². The summed E-state index contributed by atoms with van der Waals surface area (Å²) in [6, 6.07) is 19.2. The first-order chi connectivity index (χ1) is 14.7. The molecule has 0 unspecified atom stereocenters. The molecule has 0 atom stereocenters. The first kappa shape index (κ1) is 20.6. The van der Waals surface area contributed by atoms with Crippen LogP contribution in [0.2, 0.25) is 0 Å². The lowest BCUT2D eigenvalue weighted by atomic mass is 9.83. The smallest absolute Gasteiger partial charge is 0.206 e. The highest BCUT2D eigenvalue weighted by molar-refractivity contribution is 7.07. The Morgan fingerprint density at radius 1 is 1.00 bits per heavy atom. The minimum absolute atomic E-state index is 0.217. The molecular formula is C25H29N3OS. The summed E-state index contributed by atoms with van der Waals surface area (Å²) in [5, 5.41) is 7.24. The van der Waals surface area contributed by atoms with Gasteiger partial charge < -0.3 is 4.74 Å². The third-order valence-electron chi connectivity index (χ3n) is 5.51. The summed E-state index contributed by atoms with van der Waals surface area (Å²) in [6.07, 6.45) is 4.34. The predicted octanol–water partition coefficient (Wildman–Crippen LogP) is 6.10. The molecule has 1 aliphatic rings. The Morgan fingerprint density at radius 2 is 1.70 bits per heavy atom. The van der Waals surface area contributed by atoms with Gasteiger partial charge in [-0.25, -0.2) is 4.68 Å². The van der Waals surface area contributed by atoms with E-state index in [4.69, 9.17) is 14.8 Å². The van der Waals surface area contributed by atoms with Crippen molar-refractivity contribution in [1.82, 2.24) is 4.68 Å². The molecule has 0 radical (unpaired) electrons. The van der Waals surface area contributed by atoms with Crippen molar-refractivity contribution in [2.45, 2.75) is 51.5 Å². The molecule has 0 N–H and O–H groups in total. The average Bonchev–Trinajstić information content (AvgIpc) is 3.16. The quantitative estimate of drug-likeness (QED) is 0.493. The van der Waals surface area contributed by atoms with Gasteiger partial charge in [0.15, 0.2) is 0 Å². The third-order valence-corrected chi connectivity index (χ3v) is 6.34. The van der Waals surface area contributed by atoms with Crippen LogP contribution in [-0.4, -0.2) is 23.5 Å². The second-order valence-corrected chi connectivity index (χ2v) is 8.83. The van der Waals surface area contributed by atoms with Crippen LogP contribution in [0.4, 0.5) is 0 Å². The Hall–Kier alpha value is -2.66. The van der Waals surface area contributed by atoms with Gasteiger partial charge in [0.1, 0.15) is 5.75 Å². The Kier molecular flexibility index (Phi) is 6.48. The zero-order chi connectivity index (χ0) is 20.9. The van der Waals surface area contributed by atoms with Crippen LogP contribution in [-0.2, 0) is 0 Å². The van der Waals surface area contributed by atoms with Gasteiger partial charge in [0.05, 0.1) is 12.8 Å². The Morgan fingerprint density at radius 3 is 2.40 bits per heavy atom. The zero-order valence-corrected chi connectivity index (χ0v) is 18.7. The number of para-hydroxylation sites is 1. The van der Waals surface area contributed by atoms with Gasteiger partial charge in [-0.15, -0.1) is 11.3 Å². The number of hydrogen-bond acceptors (Lipinski definition) is 4. The first-order valence-corrected chi connectivity index (χ1v) is 11.5. The van der Waals surface area contributed by atoms with E-state index in [0.717, 1.165) is 47.5 Å². The van der Waals surface area contributed by atoms with Gasteiger partial charge in [0, 0.05) is 22.7 Å². The fourth-order valence-electron chi connectivity index (χ4n) is 4.00. The predicted molar refractivity (Wildman–Crippen MR) is 125 cm³/mol. The van der Waals surface area contributed by atoms with Crippen molar-refractivity contribution in [2.75, 3.05) is 7.11 Å². The molecule has 4 nitrogen and oxygen atoms in total. The number of methoxy groups -OCH3 is 1. The summed E-state index contributed by atoms with van der Waals surface area (Å²) in [5.41, 5.74) is 4.78. The normalized spacial score (nSPS) is 17.4. The van der Waals surface area contributed by atoms with E-state index in [-0.39, 0.29) is 6.04 Å². The maximum absolute atomic E-state index is 5.61. The molecule has 2 aromatic carbocycles. The van der Waals surface area contributed by atoms with E-state index in [1.54, 1.807) is 18.4 Å². The van der Waals surface area contributed by atoms with Crippen molar-refractivity contribution in [2.24, 2.45) is 10.1 Å². The number of nitrogens with zero attached hydrogens (tertiary/aromatic N) is 3. The number of hydrogen-bond donors (Lipinski definition) is 0. The lowest BCUT2D eigenvalue weighted by Crippen LogP contribution is -2.19. The molecule has 0 amide bonds. The Balaban J connectivity index is 1.67. The van der Waals surface area contributed by atoms with Crippen LogP contribution in [0.1, 0.15) is 51.0 Å². The molecule has 1 aliphatic carbocycles. The minimum Gasteiger partial charge on any atom is -0.496 e. The van der Waals surface area contributed by atoms with E-state index >= 15 is 0 Å². The number of rotatable bonds is 5. The largest absolute Gasteiger partial charge is 0.496 e. The van der Waals surface area contributed by atoms with E-state index < -0.39 is 0 Å². The van der Waals surface area contributed by atoms with Crippen molar-refractivity contribution in [3.63, 3.8) is 0 Å². The van der Waals surface area contributed by atoms with Crippen LogP contribution in [0.25, 0.3) is 11.3 Å². The topological polar surface area (TPSA) is 38.9 Å². The summed E-state index contributed by atoms with van der Waals surface area (Å²) in [6.45, 7) is 4.20. The van der Waals surface area contributed by atoms with Crippen LogP contribution in [0.15, 0.2) is 70.1 Å². The molecule has 5 heteroatoms. The van der Waals surface area contributed by atoms with Crippen molar-refractivity contribution in [3.05, 3.63) is 70.3 Å². The van der Waals surface area contributed by atoms with E-state index in [1.807, 2.05) is 22.9 Å². The third kappa shape index (κ3) is 4.57. The molecular weight excluding hydrogens is 390 g/mol. The molecule has 1 fully saturated rings. The molecule has 1 aromatic heterocycles. The average molecular weight is 420 g/mol. The van der Waals surface area contributed by atoms with Crippen LogP contribution >= 0.6 is 11.3 Å². The summed E-state index contributed by atoms with van der Waals surface area (Å²) < 4.78 is 7.64. The molecule has 1 saturated carbocycles. The van der Waals surface area contributed by atoms with Gasteiger partial charge in [-0.3, -0.25) is 4.99 Å². The second-order valence-electron chi connectivity index (χ2n) is 7.99. The van der Waals surface area contributed by atoms with Crippen LogP contribution < -0.4 is 9.54 Å². The monoisotopic (exact) mass is 419 g/mol. The van der Waals surface area contributed by atoms with E-state index in [1.165, 1.54) is 11.3 Å². The van der Waals surface area contributed by atoms with Crippen LogP contribution in [0, 0.1) is 0 Å². The van der Waals surface area contributed by atoms with Gasteiger partial charge in [-0.05, 0) is 63.1 Å². The lowest BCUT2D eigenvalue weighted by Gasteiger charge is -2.23. The number of ether oxygens (including phenoxy) is 1. The lowest BCUT2D eigenvalue weighted by molar-refractivity contribution is 0.416. The minimum atomic E-state index is 0.217. The molecule has 0 bridgehead atoms. The number of aromatic nitrogens is 1. The van der Waals surface area contributed by atoms with Gasteiger partial charge in [-0.1, -0.05) is 42.5 Å². The molecule has 0 saturated heterocycles. The summed E-state index contributed by atoms with van der Waals surface area (Å²) in [7, 11) is 1.71. The highest BCUT2D eigenvalue weighted by Crippen LogP contribution is 2.33. The fourth-order valence-corrected chi connectivity index (χ4v) is 4.95. The van der Waals surface area contributed by atoms with Crippen molar-refractivity contribution < 1.29 is 4.74 Å². The number of thiazole rings is 1. The highest BCUT2D eigenvalue weighted by atomic mass is 32.1. The number of benzene rings is 2. The van der Waals surface area contributed by atoms with Crippen LogP contribution in [0.3, 0.4) is 0 Å². The standard InChI is InChI=1S/C25H29N3OS/c1-18(2)26-25-28(23(17-30-25)22-11-7-8-12-24(22)29-3)27-21-15-13-20(14-16-21)19-9-5-4-6-10-19/h4-12,17-18,20H,13-16H2,1-3H3.